The first kappa shape index (κ1) is 13.7. The summed E-state index contributed by atoms with van der Waals surface area (Å²) in [5, 5.41) is 9.09. The maximum Gasteiger partial charge on any atom is 0.148 e. The van der Waals surface area contributed by atoms with Crippen LogP contribution in [0.3, 0.4) is 0 Å². The van der Waals surface area contributed by atoms with E-state index in [2.05, 4.69) is 27.2 Å². The van der Waals surface area contributed by atoms with Crippen molar-refractivity contribution >= 4 is 11.6 Å². The quantitative estimate of drug-likeness (QED) is 0.475. The lowest BCUT2D eigenvalue weighted by Crippen LogP contribution is -2.30. The third kappa shape index (κ3) is 3.28. The van der Waals surface area contributed by atoms with Crippen LogP contribution in [0.1, 0.15) is 25.8 Å². The SMILES string of the molecule is CCCN(CCO)c1ncnc(NN)c1CC. The number of nitrogens with two attached hydrogens (primary N) is 1. The van der Waals surface area contributed by atoms with Gasteiger partial charge >= 0.3 is 0 Å². The lowest BCUT2D eigenvalue weighted by Gasteiger charge is -2.25. The molecule has 0 aliphatic rings. The average molecular weight is 239 g/mol. The molecule has 0 spiro atoms. The molecule has 0 bridgehead atoms. The predicted molar refractivity (Wildman–Crippen MR) is 68.8 cm³/mol. The van der Waals surface area contributed by atoms with Gasteiger partial charge in [0.05, 0.1) is 6.61 Å². The standard InChI is InChI=1S/C11H21N5O/c1-3-5-16(6-7-17)11-9(4-2)10(15-12)13-8-14-11/h8,17H,3-7,12H2,1-2H3,(H,13,14,15). The van der Waals surface area contributed by atoms with E-state index < -0.39 is 0 Å². The molecule has 1 heterocycles. The van der Waals surface area contributed by atoms with E-state index in [0.717, 1.165) is 30.8 Å². The molecule has 6 heteroatoms. The van der Waals surface area contributed by atoms with Crippen LogP contribution in [-0.2, 0) is 6.42 Å². The topological polar surface area (TPSA) is 87.3 Å². The van der Waals surface area contributed by atoms with Crippen LogP contribution >= 0.6 is 0 Å². The molecule has 96 valence electrons. The van der Waals surface area contributed by atoms with Crippen LogP contribution in [0.4, 0.5) is 11.6 Å². The highest BCUT2D eigenvalue weighted by atomic mass is 16.3. The van der Waals surface area contributed by atoms with Crippen molar-refractivity contribution in [3.63, 3.8) is 0 Å². The number of nitrogens with zero attached hydrogens (tertiary/aromatic N) is 3. The zero-order valence-corrected chi connectivity index (χ0v) is 10.5. The van der Waals surface area contributed by atoms with Crippen LogP contribution < -0.4 is 16.2 Å². The summed E-state index contributed by atoms with van der Waals surface area (Å²) in [6, 6.07) is 0. The second-order valence-corrected chi connectivity index (χ2v) is 3.73. The highest BCUT2D eigenvalue weighted by Gasteiger charge is 2.14. The Balaban J connectivity index is 3.07. The van der Waals surface area contributed by atoms with Crippen LogP contribution in [0, 0.1) is 0 Å². The monoisotopic (exact) mass is 239 g/mol. The van der Waals surface area contributed by atoms with Gasteiger partial charge in [-0.2, -0.15) is 0 Å². The molecule has 0 amide bonds. The molecule has 0 saturated heterocycles. The summed E-state index contributed by atoms with van der Waals surface area (Å²) < 4.78 is 0. The van der Waals surface area contributed by atoms with Crippen molar-refractivity contribution in [3.05, 3.63) is 11.9 Å². The van der Waals surface area contributed by atoms with Gasteiger partial charge in [0.15, 0.2) is 0 Å². The van der Waals surface area contributed by atoms with Crippen molar-refractivity contribution in [2.45, 2.75) is 26.7 Å². The van der Waals surface area contributed by atoms with Crippen LogP contribution in [0.5, 0.6) is 0 Å². The van der Waals surface area contributed by atoms with Crippen LogP contribution in [-0.4, -0.2) is 34.8 Å². The number of aliphatic hydroxyl groups is 1. The molecular formula is C11H21N5O. The van der Waals surface area contributed by atoms with Gasteiger partial charge in [-0.3, -0.25) is 0 Å². The zero-order chi connectivity index (χ0) is 12.7. The average Bonchev–Trinajstić information content (AvgIpc) is 2.37. The Morgan fingerprint density at radius 3 is 2.65 bits per heavy atom. The Labute approximate surface area is 102 Å². The molecule has 4 N–H and O–H groups in total. The van der Waals surface area contributed by atoms with Gasteiger partial charge in [-0.25, -0.2) is 15.8 Å². The Kier molecular flexibility index (Phi) is 5.65. The number of hydrazine groups is 1. The fourth-order valence-electron chi connectivity index (χ4n) is 1.84. The van der Waals surface area contributed by atoms with E-state index >= 15 is 0 Å². The van der Waals surface area contributed by atoms with Crippen molar-refractivity contribution in [1.82, 2.24) is 9.97 Å². The normalized spacial score (nSPS) is 10.4. The minimum Gasteiger partial charge on any atom is -0.395 e. The smallest absolute Gasteiger partial charge is 0.148 e. The van der Waals surface area contributed by atoms with Crippen LogP contribution in [0.2, 0.25) is 0 Å². The summed E-state index contributed by atoms with van der Waals surface area (Å²) in [4.78, 5) is 10.5. The van der Waals surface area contributed by atoms with Gasteiger partial charge in [0.1, 0.15) is 18.0 Å². The first-order valence-corrected chi connectivity index (χ1v) is 5.94. The van der Waals surface area contributed by atoms with E-state index in [1.807, 2.05) is 6.92 Å². The van der Waals surface area contributed by atoms with Gasteiger partial charge in [-0.15, -0.1) is 0 Å². The molecule has 0 atom stereocenters. The summed E-state index contributed by atoms with van der Waals surface area (Å²) >= 11 is 0. The molecular weight excluding hydrogens is 218 g/mol. The molecule has 0 aliphatic heterocycles. The number of hydrogen-bond acceptors (Lipinski definition) is 6. The molecule has 0 aromatic carbocycles. The van der Waals surface area contributed by atoms with E-state index in [1.165, 1.54) is 6.33 Å². The molecule has 0 fully saturated rings. The van der Waals surface area contributed by atoms with E-state index in [9.17, 15) is 0 Å². The number of nitrogens with one attached hydrogen (secondary N) is 1. The summed E-state index contributed by atoms with van der Waals surface area (Å²) in [7, 11) is 0. The van der Waals surface area contributed by atoms with Gasteiger partial charge in [0.25, 0.3) is 0 Å². The molecule has 1 aromatic heterocycles. The molecule has 1 aromatic rings. The summed E-state index contributed by atoms with van der Waals surface area (Å²) in [6.07, 6.45) is 3.28. The maximum atomic E-state index is 9.09. The highest BCUT2D eigenvalue weighted by molar-refractivity contribution is 5.58. The summed E-state index contributed by atoms with van der Waals surface area (Å²) in [5.74, 6) is 6.94. The third-order valence-electron chi connectivity index (χ3n) is 2.58. The molecule has 1 rings (SSSR count). The first-order valence-electron chi connectivity index (χ1n) is 5.94. The lowest BCUT2D eigenvalue weighted by atomic mass is 10.2. The van der Waals surface area contributed by atoms with Crippen molar-refractivity contribution in [2.75, 3.05) is 30.0 Å². The molecule has 0 saturated carbocycles. The van der Waals surface area contributed by atoms with Gasteiger partial charge in [0, 0.05) is 18.7 Å². The fraction of sp³-hybridized carbons (Fsp3) is 0.636. The van der Waals surface area contributed by atoms with Crippen LogP contribution in [0.15, 0.2) is 6.33 Å². The number of hydrogen-bond donors (Lipinski definition) is 3. The van der Waals surface area contributed by atoms with Crippen molar-refractivity contribution in [1.29, 1.82) is 0 Å². The van der Waals surface area contributed by atoms with E-state index in [0.29, 0.717) is 12.4 Å². The molecule has 0 aliphatic carbocycles. The molecule has 6 nitrogen and oxygen atoms in total. The fourth-order valence-corrected chi connectivity index (χ4v) is 1.84. The Bertz CT molecular complexity index is 339. The third-order valence-corrected chi connectivity index (χ3v) is 2.58. The van der Waals surface area contributed by atoms with E-state index in [1.54, 1.807) is 0 Å². The van der Waals surface area contributed by atoms with Gasteiger partial charge in [0.2, 0.25) is 0 Å². The number of aromatic nitrogens is 2. The second-order valence-electron chi connectivity index (χ2n) is 3.73. The first-order chi connectivity index (χ1) is 8.28. The second kappa shape index (κ2) is 7.03. The van der Waals surface area contributed by atoms with Gasteiger partial charge in [-0.1, -0.05) is 13.8 Å². The van der Waals surface area contributed by atoms with E-state index in [4.69, 9.17) is 10.9 Å². The summed E-state index contributed by atoms with van der Waals surface area (Å²) in [5.41, 5.74) is 3.57. The lowest BCUT2D eigenvalue weighted by molar-refractivity contribution is 0.301. The Morgan fingerprint density at radius 2 is 2.12 bits per heavy atom. The molecule has 17 heavy (non-hydrogen) atoms. The minimum atomic E-state index is 0.110. The van der Waals surface area contributed by atoms with Crippen LogP contribution in [0.25, 0.3) is 0 Å². The van der Waals surface area contributed by atoms with Gasteiger partial charge in [-0.05, 0) is 12.8 Å². The van der Waals surface area contributed by atoms with E-state index in [-0.39, 0.29) is 6.61 Å². The molecule has 0 radical (unpaired) electrons. The van der Waals surface area contributed by atoms with Crippen molar-refractivity contribution in [2.24, 2.45) is 5.84 Å². The number of anilines is 2. The maximum absolute atomic E-state index is 9.09. The van der Waals surface area contributed by atoms with Gasteiger partial charge < -0.3 is 15.4 Å². The minimum absolute atomic E-state index is 0.110. The van der Waals surface area contributed by atoms with Crippen molar-refractivity contribution in [3.8, 4) is 0 Å². The summed E-state index contributed by atoms with van der Waals surface area (Å²) in [6.45, 7) is 5.67. The van der Waals surface area contributed by atoms with Crippen molar-refractivity contribution < 1.29 is 5.11 Å². The zero-order valence-electron chi connectivity index (χ0n) is 10.5. The Hall–Kier alpha value is -1.40. The number of rotatable bonds is 7. The number of aliphatic hydroxyl groups excluding tert-OH is 1. The highest BCUT2D eigenvalue weighted by Crippen LogP contribution is 2.23. The Morgan fingerprint density at radius 1 is 1.35 bits per heavy atom. The molecule has 0 unspecified atom stereocenters. The predicted octanol–water partition coefficient (Wildman–Crippen LogP) is 0.533. The number of nitrogen functional groups attached to an aromatic ring is 1. The largest absolute Gasteiger partial charge is 0.395 e.